The Morgan fingerprint density at radius 3 is 2.75 bits per heavy atom. The van der Waals surface area contributed by atoms with Gasteiger partial charge in [-0.1, -0.05) is 23.8 Å². The van der Waals surface area contributed by atoms with Crippen LogP contribution in [-0.2, 0) is 0 Å². The number of H-pyrrole nitrogens is 1. The first kappa shape index (κ1) is 12.3. The van der Waals surface area contributed by atoms with E-state index in [0.29, 0.717) is 17.0 Å². The number of aromatic nitrogens is 3. The highest BCUT2D eigenvalue weighted by Gasteiger charge is 2.14. The van der Waals surface area contributed by atoms with Gasteiger partial charge in [0.15, 0.2) is 5.65 Å². The number of pyridine rings is 1. The van der Waals surface area contributed by atoms with Gasteiger partial charge >= 0.3 is 5.97 Å². The first-order valence-corrected chi connectivity index (χ1v) is 6.22. The molecule has 0 radical (unpaired) electrons. The zero-order valence-corrected chi connectivity index (χ0v) is 11.1. The second kappa shape index (κ2) is 4.45. The maximum atomic E-state index is 11.2. The molecule has 0 aliphatic carbocycles. The maximum absolute atomic E-state index is 11.2. The Morgan fingerprint density at radius 2 is 2.05 bits per heavy atom. The van der Waals surface area contributed by atoms with Crippen molar-refractivity contribution in [2.75, 3.05) is 0 Å². The Labute approximate surface area is 115 Å². The lowest BCUT2D eigenvalue weighted by Crippen LogP contribution is -1.97. The third kappa shape index (κ3) is 1.93. The smallest absolute Gasteiger partial charge is 0.338 e. The summed E-state index contributed by atoms with van der Waals surface area (Å²) in [5.74, 6) is -0.355. The van der Waals surface area contributed by atoms with E-state index < -0.39 is 5.97 Å². The van der Waals surface area contributed by atoms with Crippen LogP contribution in [0.15, 0.2) is 30.5 Å². The monoisotopic (exact) mass is 267 g/mol. The molecule has 0 saturated carbocycles. The van der Waals surface area contributed by atoms with Gasteiger partial charge < -0.3 is 10.1 Å². The van der Waals surface area contributed by atoms with E-state index in [0.717, 1.165) is 11.1 Å². The van der Waals surface area contributed by atoms with Crippen LogP contribution in [0, 0.1) is 13.8 Å². The van der Waals surface area contributed by atoms with E-state index in [4.69, 9.17) is 0 Å². The van der Waals surface area contributed by atoms with Crippen LogP contribution in [-0.4, -0.2) is 26.0 Å². The molecule has 3 rings (SSSR count). The van der Waals surface area contributed by atoms with Crippen molar-refractivity contribution >= 4 is 17.1 Å². The summed E-state index contributed by atoms with van der Waals surface area (Å²) in [6.07, 6.45) is 1.46. The van der Waals surface area contributed by atoms with E-state index in [1.807, 2.05) is 26.0 Å². The Morgan fingerprint density at radius 1 is 1.25 bits per heavy atom. The number of aryl methyl sites for hydroxylation is 2. The topological polar surface area (TPSA) is 78.9 Å². The second-order valence-electron chi connectivity index (χ2n) is 4.77. The summed E-state index contributed by atoms with van der Waals surface area (Å²) in [7, 11) is 0. The van der Waals surface area contributed by atoms with E-state index >= 15 is 0 Å². The van der Waals surface area contributed by atoms with Gasteiger partial charge in [0.2, 0.25) is 0 Å². The number of carbonyl (C=O) groups is 1. The molecule has 0 amide bonds. The lowest BCUT2D eigenvalue weighted by Gasteiger charge is -2.03. The van der Waals surface area contributed by atoms with E-state index in [1.165, 1.54) is 17.8 Å². The Hall–Kier alpha value is -2.69. The molecule has 2 N–H and O–H groups in total. The molecule has 0 fully saturated rings. The summed E-state index contributed by atoms with van der Waals surface area (Å²) < 4.78 is 0. The minimum Gasteiger partial charge on any atom is -0.478 e. The van der Waals surface area contributed by atoms with Gasteiger partial charge in [0, 0.05) is 11.8 Å². The average Bonchev–Trinajstić information content (AvgIpc) is 2.81. The summed E-state index contributed by atoms with van der Waals surface area (Å²) in [4.78, 5) is 22.8. The number of aromatic carboxylic acids is 1. The van der Waals surface area contributed by atoms with Crippen molar-refractivity contribution in [1.29, 1.82) is 0 Å². The number of fused-ring (bicyclic) bond motifs is 1. The Bertz CT molecular complexity index is 821. The van der Waals surface area contributed by atoms with Crippen molar-refractivity contribution in [2.45, 2.75) is 13.8 Å². The normalized spacial score (nSPS) is 10.9. The molecule has 0 saturated heterocycles. The lowest BCUT2D eigenvalue weighted by molar-refractivity contribution is 0.0699. The SMILES string of the molecule is Cc1ccc(-c2nc3nccc(C(=O)O)c3[nH]2)c(C)c1. The fourth-order valence-corrected chi connectivity index (χ4v) is 2.30. The number of imidazole rings is 1. The average molecular weight is 267 g/mol. The largest absolute Gasteiger partial charge is 0.478 e. The van der Waals surface area contributed by atoms with E-state index in [9.17, 15) is 9.90 Å². The minimum atomic E-state index is -0.992. The maximum Gasteiger partial charge on any atom is 0.338 e. The molecule has 0 bridgehead atoms. The number of nitrogens with zero attached hydrogens (tertiary/aromatic N) is 2. The molecule has 2 heterocycles. The summed E-state index contributed by atoms with van der Waals surface area (Å²) in [6.45, 7) is 4.03. The molecule has 5 nitrogen and oxygen atoms in total. The van der Waals surface area contributed by atoms with Crippen LogP contribution in [0.2, 0.25) is 0 Å². The lowest BCUT2D eigenvalue weighted by atomic mass is 10.1. The first-order chi connectivity index (χ1) is 9.56. The molecular weight excluding hydrogens is 254 g/mol. The fraction of sp³-hybridized carbons (Fsp3) is 0.133. The van der Waals surface area contributed by atoms with Crippen LogP contribution in [0.25, 0.3) is 22.6 Å². The number of carboxylic acids is 1. The van der Waals surface area contributed by atoms with Crippen molar-refractivity contribution in [3.8, 4) is 11.4 Å². The van der Waals surface area contributed by atoms with Crippen LogP contribution in [0.4, 0.5) is 0 Å². The number of aromatic amines is 1. The number of hydrogen-bond acceptors (Lipinski definition) is 3. The number of carboxylic acid groups (broad SMARTS) is 1. The van der Waals surface area contributed by atoms with Gasteiger partial charge in [-0.3, -0.25) is 0 Å². The molecule has 0 unspecified atom stereocenters. The van der Waals surface area contributed by atoms with Crippen LogP contribution >= 0.6 is 0 Å². The number of benzene rings is 1. The van der Waals surface area contributed by atoms with Gasteiger partial charge in [-0.05, 0) is 25.5 Å². The summed E-state index contributed by atoms with van der Waals surface area (Å²) >= 11 is 0. The molecule has 3 aromatic rings. The van der Waals surface area contributed by atoms with Crippen LogP contribution in [0.1, 0.15) is 21.5 Å². The molecule has 0 spiro atoms. The van der Waals surface area contributed by atoms with Gasteiger partial charge in [-0.15, -0.1) is 0 Å². The standard InChI is InChI=1S/C15H13N3O2/c1-8-3-4-10(9(2)7-8)13-17-12-11(15(19)20)5-6-16-14(12)18-13/h3-7H,1-2H3,(H,19,20)(H,16,17,18). The number of hydrogen-bond donors (Lipinski definition) is 2. The molecule has 0 atom stereocenters. The van der Waals surface area contributed by atoms with Gasteiger partial charge in [0.25, 0.3) is 0 Å². The highest BCUT2D eigenvalue weighted by atomic mass is 16.4. The molecule has 5 heteroatoms. The van der Waals surface area contributed by atoms with Gasteiger partial charge in [0.05, 0.1) is 11.1 Å². The molecule has 1 aromatic carbocycles. The molecule has 2 aromatic heterocycles. The van der Waals surface area contributed by atoms with Crippen LogP contribution < -0.4 is 0 Å². The molecular formula is C15H13N3O2. The highest BCUT2D eigenvalue weighted by Crippen LogP contribution is 2.24. The molecule has 20 heavy (non-hydrogen) atoms. The molecule has 100 valence electrons. The van der Waals surface area contributed by atoms with Crippen molar-refractivity contribution in [3.05, 3.63) is 47.2 Å². The highest BCUT2D eigenvalue weighted by molar-refractivity contribution is 6.00. The van der Waals surface area contributed by atoms with Gasteiger partial charge in [0.1, 0.15) is 5.82 Å². The van der Waals surface area contributed by atoms with Crippen molar-refractivity contribution < 1.29 is 9.90 Å². The van der Waals surface area contributed by atoms with Crippen molar-refractivity contribution in [2.24, 2.45) is 0 Å². The summed E-state index contributed by atoms with van der Waals surface area (Å²) in [5, 5.41) is 9.18. The zero-order chi connectivity index (χ0) is 14.3. The third-order valence-corrected chi connectivity index (χ3v) is 3.26. The summed E-state index contributed by atoms with van der Waals surface area (Å²) in [6, 6.07) is 7.51. The van der Waals surface area contributed by atoms with Crippen molar-refractivity contribution in [3.63, 3.8) is 0 Å². The van der Waals surface area contributed by atoms with Gasteiger partial charge in [-0.2, -0.15) is 0 Å². The van der Waals surface area contributed by atoms with E-state index in [2.05, 4.69) is 21.0 Å². The van der Waals surface area contributed by atoms with Crippen LogP contribution in [0.3, 0.4) is 0 Å². The molecule has 0 aliphatic rings. The predicted molar refractivity (Wildman–Crippen MR) is 75.8 cm³/mol. The Balaban J connectivity index is 2.23. The number of rotatable bonds is 2. The third-order valence-electron chi connectivity index (χ3n) is 3.26. The Kier molecular flexibility index (Phi) is 2.75. The van der Waals surface area contributed by atoms with Crippen LogP contribution in [0.5, 0.6) is 0 Å². The number of nitrogens with one attached hydrogen (secondary N) is 1. The summed E-state index contributed by atoms with van der Waals surface area (Å²) in [5.41, 5.74) is 4.26. The first-order valence-electron chi connectivity index (χ1n) is 6.22. The van der Waals surface area contributed by atoms with Gasteiger partial charge in [-0.25, -0.2) is 14.8 Å². The van der Waals surface area contributed by atoms with Crippen molar-refractivity contribution in [1.82, 2.24) is 15.0 Å². The predicted octanol–water partition coefficient (Wildman–Crippen LogP) is 2.94. The minimum absolute atomic E-state index is 0.179. The van der Waals surface area contributed by atoms with E-state index in [1.54, 1.807) is 0 Å². The fourth-order valence-electron chi connectivity index (χ4n) is 2.30. The second-order valence-corrected chi connectivity index (χ2v) is 4.77. The van der Waals surface area contributed by atoms with E-state index in [-0.39, 0.29) is 5.56 Å². The zero-order valence-electron chi connectivity index (χ0n) is 11.1. The quantitative estimate of drug-likeness (QED) is 0.748. The molecule has 0 aliphatic heterocycles.